The number of hydrazine groups is 1. The topological polar surface area (TPSA) is 73.3 Å². The summed E-state index contributed by atoms with van der Waals surface area (Å²) in [5.41, 5.74) is 11.7. The molecule has 0 aliphatic carbocycles. The number of anilines is 1. The third kappa shape index (κ3) is 3.30. The van der Waals surface area contributed by atoms with E-state index in [1.807, 2.05) is 42.5 Å². The summed E-state index contributed by atoms with van der Waals surface area (Å²) < 4.78 is 6.15. The number of halogens is 1. The SMILES string of the molecule is COc1ccc(CC(NN)c2ccccc2N)cc1Br. The Morgan fingerprint density at radius 3 is 2.60 bits per heavy atom. The molecule has 1 unspecified atom stereocenters. The van der Waals surface area contributed by atoms with E-state index >= 15 is 0 Å². The Morgan fingerprint density at radius 2 is 2.00 bits per heavy atom. The van der Waals surface area contributed by atoms with Gasteiger partial charge in [0, 0.05) is 5.69 Å². The normalized spacial score (nSPS) is 12.2. The number of nitrogens with one attached hydrogen (secondary N) is 1. The molecule has 2 aromatic rings. The number of rotatable bonds is 5. The van der Waals surface area contributed by atoms with Crippen molar-refractivity contribution in [2.75, 3.05) is 12.8 Å². The summed E-state index contributed by atoms with van der Waals surface area (Å²) in [5.74, 6) is 6.48. The lowest BCUT2D eigenvalue weighted by molar-refractivity contribution is 0.412. The third-order valence-electron chi connectivity index (χ3n) is 3.23. The Bertz CT molecular complexity index is 589. The molecule has 0 aliphatic heterocycles. The van der Waals surface area contributed by atoms with Crippen molar-refractivity contribution in [1.29, 1.82) is 0 Å². The monoisotopic (exact) mass is 335 g/mol. The molecule has 2 rings (SSSR count). The van der Waals surface area contributed by atoms with Crippen LogP contribution in [0.5, 0.6) is 5.75 Å². The number of nitrogens with two attached hydrogens (primary N) is 2. The third-order valence-corrected chi connectivity index (χ3v) is 3.85. The minimum atomic E-state index is -0.0310. The van der Waals surface area contributed by atoms with Crippen LogP contribution in [0, 0.1) is 0 Å². The van der Waals surface area contributed by atoms with Crippen LogP contribution in [-0.2, 0) is 6.42 Å². The molecular formula is C15H18BrN3O. The Morgan fingerprint density at radius 1 is 1.25 bits per heavy atom. The van der Waals surface area contributed by atoms with Crippen LogP contribution in [-0.4, -0.2) is 7.11 Å². The second kappa shape index (κ2) is 6.74. The highest BCUT2D eigenvalue weighted by molar-refractivity contribution is 9.10. The van der Waals surface area contributed by atoms with Crippen molar-refractivity contribution in [1.82, 2.24) is 5.43 Å². The van der Waals surface area contributed by atoms with E-state index in [4.69, 9.17) is 16.3 Å². The number of hydrogen-bond acceptors (Lipinski definition) is 4. The molecular weight excluding hydrogens is 318 g/mol. The lowest BCUT2D eigenvalue weighted by atomic mass is 9.98. The van der Waals surface area contributed by atoms with Gasteiger partial charge in [0.25, 0.3) is 0 Å². The van der Waals surface area contributed by atoms with Crippen LogP contribution in [0.15, 0.2) is 46.9 Å². The number of para-hydroxylation sites is 1. The van der Waals surface area contributed by atoms with E-state index in [1.54, 1.807) is 7.11 Å². The molecule has 0 aromatic heterocycles. The van der Waals surface area contributed by atoms with E-state index < -0.39 is 0 Å². The van der Waals surface area contributed by atoms with Gasteiger partial charge in [0.2, 0.25) is 0 Å². The first-order valence-corrected chi connectivity index (χ1v) is 7.08. The highest BCUT2D eigenvalue weighted by Gasteiger charge is 2.14. The number of ether oxygens (including phenoxy) is 1. The van der Waals surface area contributed by atoms with E-state index in [0.29, 0.717) is 0 Å². The molecule has 0 saturated carbocycles. The van der Waals surface area contributed by atoms with E-state index in [2.05, 4.69) is 21.4 Å². The van der Waals surface area contributed by atoms with Crippen molar-refractivity contribution in [3.8, 4) is 5.75 Å². The molecule has 1 atom stereocenters. The summed E-state index contributed by atoms with van der Waals surface area (Å²) in [6.45, 7) is 0. The summed E-state index contributed by atoms with van der Waals surface area (Å²) in [4.78, 5) is 0. The number of benzene rings is 2. The van der Waals surface area contributed by atoms with Gasteiger partial charge in [0.15, 0.2) is 0 Å². The molecule has 5 N–H and O–H groups in total. The highest BCUT2D eigenvalue weighted by Crippen LogP contribution is 2.28. The highest BCUT2D eigenvalue weighted by atomic mass is 79.9. The Balaban J connectivity index is 2.23. The molecule has 0 saturated heterocycles. The molecule has 0 radical (unpaired) electrons. The van der Waals surface area contributed by atoms with E-state index in [1.165, 1.54) is 0 Å². The molecule has 5 heteroatoms. The molecule has 0 fully saturated rings. The molecule has 0 spiro atoms. The predicted octanol–water partition coefficient (Wildman–Crippen LogP) is 2.79. The van der Waals surface area contributed by atoms with Crippen molar-refractivity contribution < 1.29 is 4.74 Å². The zero-order valence-corrected chi connectivity index (χ0v) is 12.9. The minimum absolute atomic E-state index is 0.0310. The van der Waals surface area contributed by atoms with Gasteiger partial charge >= 0.3 is 0 Å². The predicted molar refractivity (Wildman–Crippen MR) is 85.3 cm³/mol. The maximum atomic E-state index is 6.00. The van der Waals surface area contributed by atoms with Crippen LogP contribution < -0.4 is 21.7 Å². The first-order valence-electron chi connectivity index (χ1n) is 6.28. The van der Waals surface area contributed by atoms with Gasteiger partial charge in [0.05, 0.1) is 17.6 Å². The van der Waals surface area contributed by atoms with Gasteiger partial charge in [-0.3, -0.25) is 11.3 Å². The fourth-order valence-electron chi connectivity index (χ4n) is 2.16. The molecule has 20 heavy (non-hydrogen) atoms. The lowest BCUT2D eigenvalue weighted by Crippen LogP contribution is -2.30. The molecule has 0 bridgehead atoms. The van der Waals surface area contributed by atoms with Crippen molar-refractivity contribution in [3.05, 3.63) is 58.1 Å². The zero-order valence-electron chi connectivity index (χ0n) is 11.3. The van der Waals surface area contributed by atoms with Crippen molar-refractivity contribution in [2.45, 2.75) is 12.5 Å². The van der Waals surface area contributed by atoms with Crippen LogP contribution in [0.3, 0.4) is 0 Å². The largest absolute Gasteiger partial charge is 0.496 e. The molecule has 2 aromatic carbocycles. The van der Waals surface area contributed by atoms with Crippen LogP contribution in [0.25, 0.3) is 0 Å². The van der Waals surface area contributed by atoms with Crippen LogP contribution in [0.1, 0.15) is 17.2 Å². The van der Waals surface area contributed by atoms with Crippen molar-refractivity contribution in [2.24, 2.45) is 5.84 Å². The number of nitrogen functional groups attached to an aromatic ring is 1. The average Bonchev–Trinajstić information content (AvgIpc) is 2.46. The fourth-order valence-corrected chi connectivity index (χ4v) is 2.75. The second-order valence-electron chi connectivity index (χ2n) is 4.52. The van der Waals surface area contributed by atoms with Gasteiger partial charge in [-0.2, -0.15) is 0 Å². The fraction of sp³-hybridized carbons (Fsp3) is 0.200. The van der Waals surface area contributed by atoms with Crippen LogP contribution >= 0.6 is 15.9 Å². The summed E-state index contributed by atoms with van der Waals surface area (Å²) in [6, 6.07) is 13.7. The Labute approximate surface area is 127 Å². The summed E-state index contributed by atoms with van der Waals surface area (Å²) in [6.07, 6.45) is 0.743. The quantitative estimate of drug-likeness (QED) is 0.446. The van der Waals surface area contributed by atoms with Crippen molar-refractivity contribution >= 4 is 21.6 Å². The molecule has 0 amide bonds. The summed E-state index contributed by atoms with van der Waals surface area (Å²) in [7, 11) is 1.65. The van der Waals surface area contributed by atoms with Gasteiger partial charge in [-0.1, -0.05) is 24.3 Å². The van der Waals surface area contributed by atoms with Gasteiger partial charge in [-0.05, 0) is 51.7 Å². The van der Waals surface area contributed by atoms with E-state index in [0.717, 1.165) is 33.5 Å². The molecule has 0 heterocycles. The maximum absolute atomic E-state index is 6.00. The lowest BCUT2D eigenvalue weighted by Gasteiger charge is -2.18. The smallest absolute Gasteiger partial charge is 0.133 e. The Hall–Kier alpha value is -1.56. The summed E-state index contributed by atoms with van der Waals surface area (Å²) >= 11 is 3.49. The van der Waals surface area contributed by atoms with E-state index in [9.17, 15) is 0 Å². The first kappa shape index (κ1) is 14.8. The molecule has 106 valence electrons. The number of hydrogen-bond donors (Lipinski definition) is 3. The van der Waals surface area contributed by atoms with Gasteiger partial charge in [-0.15, -0.1) is 0 Å². The van der Waals surface area contributed by atoms with Crippen LogP contribution in [0.4, 0.5) is 5.69 Å². The average molecular weight is 336 g/mol. The second-order valence-corrected chi connectivity index (χ2v) is 5.38. The van der Waals surface area contributed by atoms with Crippen molar-refractivity contribution in [3.63, 3.8) is 0 Å². The van der Waals surface area contributed by atoms with Gasteiger partial charge < -0.3 is 10.5 Å². The summed E-state index contributed by atoms with van der Waals surface area (Å²) in [5, 5.41) is 0. The first-order chi connectivity index (χ1) is 9.65. The van der Waals surface area contributed by atoms with Gasteiger partial charge in [-0.25, -0.2) is 0 Å². The van der Waals surface area contributed by atoms with Gasteiger partial charge in [0.1, 0.15) is 5.75 Å². The van der Waals surface area contributed by atoms with E-state index in [-0.39, 0.29) is 6.04 Å². The maximum Gasteiger partial charge on any atom is 0.133 e. The molecule has 4 nitrogen and oxygen atoms in total. The Kier molecular flexibility index (Phi) is 5.00. The van der Waals surface area contributed by atoms with Crippen LogP contribution in [0.2, 0.25) is 0 Å². The standard InChI is InChI=1S/C15H18BrN3O/c1-20-15-7-6-10(8-12(15)16)9-14(19-18)11-4-2-3-5-13(11)17/h2-8,14,19H,9,17-18H2,1H3. The minimum Gasteiger partial charge on any atom is -0.496 e. The molecule has 0 aliphatic rings. The number of methoxy groups -OCH3 is 1. The zero-order chi connectivity index (χ0) is 14.5.